The first-order chi connectivity index (χ1) is 8.10. The summed E-state index contributed by atoms with van der Waals surface area (Å²) < 4.78 is 0. The molecule has 1 aliphatic rings. The smallest absolute Gasteiger partial charge is 0.0445 e. The van der Waals surface area contributed by atoms with Crippen LogP contribution in [0.1, 0.15) is 50.3 Å². The molecule has 0 aromatic carbocycles. The van der Waals surface area contributed by atoms with Gasteiger partial charge in [-0.05, 0) is 36.8 Å². The zero-order chi connectivity index (χ0) is 12.3. The molecule has 1 aliphatic carbocycles. The number of rotatable bonds is 3. The van der Waals surface area contributed by atoms with Crippen molar-refractivity contribution in [3.05, 3.63) is 29.6 Å². The topological polar surface area (TPSA) is 12.9 Å². The molecule has 1 atom stereocenters. The van der Waals surface area contributed by atoms with Gasteiger partial charge in [0.2, 0.25) is 0 Å². The lowest BCUT2D eigenvalue weighted by Gasteiger charge is -2.37. The molecular weight excluding hydrogens is 230 g/mol. The van der Waals surface area contributed by atoms with Crippen LogP contribution in [-0.2, 0) is 6.42 Å². The van der Waals surface area contributed by atoms with Crippen LogP contribution in [0, 0.1) is 12.3 Å². The van der Waals surface area contributed by atoms with Gasteiger partial charge >= 0.3 is 0 Å². The van der Waals surface area contributed by atoms with E-state index < -0.39 is 0 Å². The highest BCUT2D eigenvalue weighted by Gasteiger charge is 2.34. The summed E-state index contributed by atoms with van der Waals surface area (Å²) in [5, 5.41) is 0.220. The molecule has 1 nitrogen and oxygen atoms in total. The van der Waals surface area contributed by atoms with Crippen LogP contribution in [0.25, 0.3) is 0 Å². The fraction of sp³-hybridized carbons (Fsp3) is 0.667. The molecule has 1 heterocycles. The van der Waals surface area contributed by atoms with Crippen molar-refractivity contribution in [3.63, 3.8) is 0 Å². The van der Waals surface area contributed by atoms with Crippen molar-refractivity contribution in [2.45, 2.75) is 57.7 Å². The molecule has 0 radical (unpaired) electrons. The summed E-state index contributed by atoms with van der Waals surface area (Å²) in [5.41, 5.74) is 2.65. The van der Waals surface area contributed by atoms with Gasteiger partial charge < -0.3 is 0 Å². The molecule has 0 spiro atoms. The molecule has 0 bridgehead atoms. The van der Waals surface area contributed by atoms with E-state index in [4.69, 9.17) is 11.6 Å². The van der Waals surface area contributed by atoms with Gasteiger partial charge in [0, 0.05) is 23.7 Å². The molecule has 0 saturated heterocycles. The van der Waals surface area contributed by atoms with Crippen LogP contribution in [0.5, 0.6) is 0 Å². The number of halogens is 1. The van der Waals surface area contributed by atoms with E-state index >= 15 is 0 Å². The van der Waals surface area contributed by atoms with Crippen LogP contribution in [0.2, 0.25) is 0 Å². The van der Waals surface area contributed by atoms with Gasteiger partial charge in [0.25, 0.3) is 0 Å². The highest BCUT2D eigenvalue weighted by atomic mass is 35.5. The minimum atomic E-state index is 0.220. The van der Waals surface area contributed by atoms with Crippen molar-refractivity contribution >= 4 is 11.6 Å². The average Bonchev–Trinajstić information content (AvgIpc) is 2.33. The van der Waals surface area contributed by atoms with Crippen LogP contribution in [0.4, 0.5) is 0 Å². The number of aryl methyl sites for hydroxylation is 1. The second-order valence-corrected chi connectivity index (χ2v) is 6.24. The molecule has 2 rings (SSSR count). The van der Waals surface area contributed by atoms with Gasteiger partial charge in [0.15, 0.2) is 0 Å². The van der Waals surface area contributed by atoms with E-state index in [9.17, 15) is 0 Å². The molecule has 0 aliphatic heterocycles. The Balaban J connectivity index is 2.00. The maximum Gasteiger partial charge on any atom is 0.0445 e. The molecule has 17 heavy (non-hydrogen) atoms. The quantitative estimate of drug-likeness (QED) is 0.721. The minimum Gasteiger partial charge on any atom is -0.261 e. The zero-order valence-electron chi connectivity index (χ0n) is 10.9. The number of hydrogen-bond acceptors (Lipinski definition) is 1. The molecule has 1 unspecified atom stereocenters. The Morgan fingerprint density at radius 1 is 1.29 bits per heavy atom. The van der Waals surface area contributed by atoms with Gasteiger partial charge in [0.05, 0.1) is 0 Å². The zero-order valence-corrected chi connectivity index (χ0v) is 11.6. The van der Waals surface area contributed by atoms with E-state index in [1.54, 1.807) is 0 Å². The van der Waals surface area contributed by atoms with E-state index in [2.05, 4.69) is 31.0 Å². The Hall–Kier alpha value is -0.560. The average molecular weight is 252 g/mol. The Labute approximate surface area is 110 Å². The molecule has 1 aromatic rings. The summed E-state index contributed by atoms with van der Waals surface area (Å²) >= 11 is 6.64. The van der Waals surface area contributed by atoms with Crippen LogP contribution in [0.15, 0.2) is 18.3 Å². The molecule has 0 amide bonds. The van der Waals surface area contributed by atoms with Crippen LogP contribution in [-0.4, -0.2) is 10.4 Å². The van der Waals surface area contributed by atoms with Crippen LogP contribution < -0.4 is 0 Å². The molecule has 1 fully saturated rings. The Kier molecular flexibility index (Phi) is 4.09. The van der Waals surface area contributed by atoms with E-state index in [0.717, 1.165) is 12.1 Å². The SMILES string of the molecule is Cc1ccc(CC(Cl)C2(C)CCCCC2)nc1. The maximum absolute atomic E-state index is 6.64. The Morgan fingerprint density at radius 3 is 2.59 bits per heavy atom. The fourth-order valence-electron chi connectivity index (χ4n) is 2.72. The summed E-state index contributed by atoms with van der Waals surface area (Å²) in [4.78, 5) is 4.46. The lowest BCUT2D eigenvalue weighted by atomic mass is 9.72. The molecule has 2 heteroatoms. The standard InChI is InChI=1S/C15H22ClN/c1-12-6-7-13(17-11-12)10-14(16)15(2)8-4-3-5-9-15/h6-7,11,14H,3-5,8-10H2,1-2H3. The Bertz CT molecular complexity index is 352. The fourth-order valence-corrected chi connectivity index (χ4v) is 3.10. The highest BCUT2D eigenvalue weighted by Crippen LogP contribution is 2.42. The normalized spacial score (nSPS) is 21.1. The Morgan fingerprint density at radius 2 is 2.00 bits per heavy atom. The molecule has 1 aromatic heterocycles. The van der Waals surface area contributed by atoms with Crippen molar-refractivity contribution in [1.82, 2.24) is 4.98 Å². The summed E-state index contributed by atoms with van der Waals surface area (Å²) in [6.07, 6.45) is 9.42. The van der Waals surface area contributed by atoms with E-state index in [-0.39, 0.29) is 5.38 Å². The van der Waals surface area contributed by atoms with Gasteiger partial charge in [-0.15, -0.1) is 11.6 Å². The van der Waals surface area contributed by atoms with Crippen molar-refractivity contribution in [3.8, 4) is 0 Å². The number of hydrogen-bond donors (Lipinski definition) is 0. The van der Waals surface area contributed by atoms with Crippen molar-refractivity contribution in [1.29, 1.82) is 0 Å². The lowest BCUT2D eigenvalue weighted by molar-refractivity contribution is 0.204. The summed E-state index contributed by atoms with van der Waals surface area (Å²) in [7, 11) is 0. The van der Waals surface area contributed by atoms with Crippen molar-refractivity contribution < 1.29 is 0 Å². The van der Waals surface area contributed by atoms with Gasteiger partial charge in [-0.25, -0.2) is 0 Å². The first-order valence-electron chi connectivity index (χ1n) is 6.66. The van der Waals surface area contributed by atoms with E-state index in [0.29, 0.717) is 5.41 Å². The monoisotopic (exact) mass is 251 g/mol. The number of pyridine rings is 1. The number of aromatic nitrogens is 1. The summed E-state index contributed by atoms with van der Waals surface area (Å²) in [6.45, 7) is 4.41. The summed E-state index contributed by atoms with van der Waals surface area (Å²) in [6, 6.07) is 4.23. The number of alkyl halides is 1. The summed E-state index contributed by atoms with van der Waals surface area (Å²) in [5.74, 6) is 0. The largest absolute Gasteiger partial charge is 0.261 e. The van der Waals surface area contributed by atoms with Gasteiger partial charge in [-0.3, -0.25) is 4.98 Å². The van der Waals surface area contributed by atoms with Crippen molar-refractivity contribution in [2.24, 2.45) is 5.41 Å². The lowest BCUT2D eigenvalue weighted by Crippen LogP contribution is -2.32. The van der Waals surface area contributed by atoms with Gasteiger partial charge in [-0.1, -0.05) is 32.3 Å². The third-order valence-corrected chi connectivity index (χ3v) is 4.79. The molecule has 0 N–H and O–H groups in total. The van der Waals surface area contributed by atoms with Crippen molar-refractivity contribution in [2.75, 3.05) is 0 Å². The maximum atomic E-state index is 6.64. The third kappa shape index (κ3) is 3.22. The molecule has 94 valence electrons. The van der Waals surface area contributed by atoms with E-state index in [1.807, 2.05) is 6.20 Å². The third-order valence-electron chi connectivity index (χ3n) is 4.11. The first kappa shape index (κ1) is 12.9. The first-order valence-corrected chi connectivity index (χ1v) is 7.09. The van der Waals surface area contributed by atoms with Crippen LogP contribution >= 0.6 is 11.6 Å². The van der Waals surface area contributed by atoms with Gasteiger partial charge in [-0.2, -0.15) is 0 Å². The predicted molar refractivity (Wildman–Crippen MR) is 73.5 cm³/mol. The van der Waals surface area contributed by atoms with E-state index in [1.165, 1.54) is 37.7 Å². The predicted octanol–water partition coefficient (Wildman–Crippen LogP) is 4.51. The second-order valence-electron chi connectivity index (χ2n) is 5.71. The van der Waals surface area contributed by atoms with Gasteiger partial charge in [0.1, 0.15) is 0 Å². The highest BCUT2D eigenvalue weighted by molar-refractivity contribution is 6.21. The molecular formula is C15H22ClN. The molecule has 1 saturated carbocycles. The second kappa shape index (κ2) is 5.39. The number of nitrogens with zero attached hydrogens (tertiary/aromatic N) is 1. The van der Waals surface area contributed by atoms with Crippen LogP contribution in [0.3, 0.4) is 0 Å². The minimum absolute atomic E-state index is 0.220.